The Kier molecular flexibility index (Phi) is 4.02. The van der Waals surface area contributed by atoms with Crippen LogP contribution in [0.15, 0.2) is 29.1 Å². The van der Waals surface area contributed by atoms with Crippen molar-refractivity contribution in [2.45, 2.75) is 44.8 Å². The lowest BCUT2D eigenvalue weighted by Gasteiger charge is -2.28. The Balaban J connectivity index is 1.80. The van der Waals surface area contributed by atoms with E-state index in [2.05, 4.69) is 9.88 Å². The summed E-state index contributed by atoms with van der Waals surface area (Å²) >= 11 is 0. The summed E-state index contributed by atoms with van der Waals surface area (Å²) in [5.74, 6) is 0. The third-order valence-electron chi connectivity index (χ3n) is 4.46. The standard InChI is InChI=1S/C17H23N3O2/c1-13-6-5-7-15-18-14(10-16(21)20(13)15)11-19(2)12-17(22)8-3-4-9-17/h5-7,10,22H,3-4,8-9,11-12H2,1-2H3. The Hall–Kier alpha value is -1.72. The smallest absolute Gasteiger partial charge is 0.258 e. The van der Waals surface area contributed by atoms with E-state index in [1.165, 1.54) is 0 Å². The van der Waals surface area contributed by atoms with Crippen molar-refractivity contribution in [3.05, 3.63) is 46.0 Å². The molecule has 5 nitrogen and oxygen atoms in total. The molecule has 0 radical (unpaired) electrons. The summed E-state index contributed by atoms with van der Waals surface area (Å²) in [7, 11) is 1.97. The van der Waals surface area contributed by atoms with E-state index < -0.39 is 5.60 Å². The van der Waals surface area contributed by atoms with Crippen molar-refractivity contribution < 1.29 is 5.11 Å². The maximum absolute atomic E-state index is 12.3. The molecule has 1 fully saturated rings. The van der Waals surface area contributed by atoms with E-state index in [-0.39, 0.29) is 5.56 Å². The molecule has 2 aromatic heterocycles. The molecule has 1 aliphatic rings. The second-order valence-corrected chi connectivity index (χ2v) is 6.55. The Bertz CT molecular complexity index is 732. The Morgan fingerprint density at radius 1 is 1.36 bits per heavy atom. The fourth-order valence-corrected chi connectivity index (χ4v) is 3.47. The highest BCUT2D eigenvalue weighted by Gasteiger charge is 2.32. The minimum Gasteiger partial charge on any atom is -0.389 e. The summed E-state index contributed by atoms with van der Waals surface area (Å²) in [6, 6.07) is 7.25. The van der Waals surface area contributed by atoms with E-state index >= 15 is 0 Å². The molecule has 2 aromatic rings. The first-order valence-electron chi connectivity index (χ1n) is 7.86. The summed E-state index contributed by atoms with van der Waals surface area (Å²) in [6.45, 7) is 3.10. The zero-order valence-electron chi connectivity index (χ0n) is 13.2. The van der Waals surface area contributed by atoms with Gasteiger partial charge < -0.3 is 5.11 Å². The minimum atomic E-state index is -0.572. The molecule has 0 spiro atoms. The zero-order chi connectivity index (χ0) is 15.7. The largest absolute Gasteiger partial charge is 0.389 e. The van der Waals surface area contributed by atoms with Crippen LogP contribution in [0, 0.1) is 6.92 Å². The van der Waals surface area contributed by atoms with Crippen LogP contribution in [-0.4, -0.2) is 38.6 Å². The number of hydrogen-bond acceptors (Lipinski definition) is 4. The molecular formula is C17H23N3O2. The molecule has 0 aromatic carbocycles. The Labute approximate surface area is 130 Å². The number of aromatic nitrogens is 2. The molecule has 0 unspecified atom stereocenters. The average Bonchev–Trinajstić information content (AvgIpc) is 2.84. The lowest BCUT2D eigenvalue weighted by atomic mass is 10.0. The van der Waals surface area contributed by atoms with Gasteiger partial charge in [0.2, 0.25) is 0 Å². The predicted octanol–water partition coefficient (Wildman–Crippen LogP) is 1.74. The monoisotopic (exact) mass is 301 g/mol. The highest BCUT2D eigenvalue weighted by Crippen LogP contribution is 2.30. The van der Waals surface area contributed by atoms with Crippen LogP contribution in [0.5, 0.6) is 0 Å². The van der Waals surface area contributed by atoms with Gasteiger partial charge in [0.25, 0.3) is 5.56 Å². The van der Waals surface area contributed by atoms with Crippen LogP contribution in [0.2, 0.25) is 0 Å². The van der Waals surface area contributed by atoms with E-state index in [0.717, 1.165) is 37.1 Å². The second-order valence-electron chi connectivity index (χ2n) is 6.55. The van der Waals surface area contributed by atoms with E-state index in [1.807, 2.05) is 32.2 Å². The molecule has 118 valence electrons. The minimum absolute atomic E-state index is 0.0499. The molecule has 2 heterocycles. The van der Waals surface area contributed by atoms with Crippen LogP contribution in [-0.2, 0) is 6.54 Å². The second kappa shape index (κ2) is 5.82. The first kappa shape index (κ1) is 15.2. The molecule has 1 saturated carbocycles. The Morgan fingerprint density at radius 2 is 2.09 bits per heavy atom. The van der Waals surface area contributed by atoms with Crippen molar-refractivity contribution in [1.82, 2.24) is 14.3 Å². The van der Waals surface area contributed by atoms with E-state index in [4.69, 9.17) is 0 Å². The number of pyridine rings is 1. The number of hydrogen-bond donors (Lipinski definition) is 1. The van der Waals surface area contributed by atoms with Gasteiger partial charge in [-0.2, -0.15) is 0 Å². The van der Waals surface area contributed by atoms with Crippen molar-refractivity contribution in [3.8, 4) is 0 Å². The van der Waals surface area contributed by atoms with Crippen LogP contribution < -0.4 is 5.56 Å². The van der Waals surface area contributed by atoms with E-state index in [0.29, 0.717) is 18.7 Å². The molecule has 22 heavy (non-hydrogen) atoms. The van der Waals surface area contributed by atoms with Gasteiger partial charge in [-0.25, -0.2) is 4.98 Å². The quantitative estimate of drug-likeness (QED) is 0.934. The lowest BCUT2D eigenvalue weighted by Crippen LogP contribution is -2.39. The Morgan fingerprint density at radius 3 is 2.82 bits per heavy atom. The zero-order valence-corrected chi connectivity index (χ0v) is 13.2. The first-order chi connectivity index (χ1) is 10.5. The summed E-state index contributed by atoms with van der Waals surface area (Å²) in [5.41, 5.74) is 1.69. The van der Waals surface area contributed by atoms with Crippen LogP contribution in [0.1, 0.15) is 37.1 Å². The summed E-state index contributed by atoms with van der Waals surface area (Å²) in [5, 5.41) is 10.5. The van der Waals surface area contributed by atoms with Crippen LogP contribution >= 0.6 is 0 Å². The number of nitrogens with zero attached hydrogens (tertiary/aromatic N) is 3. The molecule has 0 atom stereocenters. The highest BCUT2D eigenvalue weighted by atomic mass is 16.3. The highest BCUT2D eigenvalue weighted by molar-refractivity contribution is 5.40. The maximum atomic E-state index is 12.3. The number of rotatable bonds is 4. The fraction of sp³-hybridized carbons (Fsp3) is 0.529. The lowest BCUT2D eigenvalue weighted by molar-refractivity contribution is 0.0143. The first-order valence-corrected chi connectivity index (χ1v) is 7.86. The third kappa shape index (κ3) is 3.05. The van der Waals surface area contributed by atoms with Gasteiger partial charge in [-0.05, 0) is 38.9 Å². The van der Waals surface area contributed by atoms with Gasteiger partial charge in [-0.3, -0.25) is 14.1 Å². The summed E-state index contributed by atoms with van der Waals surface area (Å²) in [6.07, 6.45) is 3.92. The van der Waals surface area contributed by atoms with Crippen LogP contribution in [0.3, 0.4) is 0 Å². The van der Waals surface area contributed by atoms with E-state index in [1.54, 1.807) is 10.5 Å². The topological polar surface area (TPSA) is 57.8 Å². The summed E-state index contributed by atoms with van der Waals surface area (Å²) < 4.78 is 1.62. The fourth-order valence-electron chi connectivity index (χ4n) is 3.47. The maximum Gasteiger partial charge on any atom is 0.258 e. The van der Waals surface area contributed by atoms with Crippen molar-refractivity contribution in [2.24, 2.45) is 0 Å². The molecule has 0 aliphatic heterocycles. The van der Waals surface area contributed by atoms with Gasteiger partial charge in [-0.15, -0.1) is 0 Å². The molecule has 1 N–H and O–H groups in total. The van der Waals surface area contributed by atoms with Gasteiger partial charge in [0.1, 0.15) is 5.65 Å². The number of fused-ring (bicyclic) bond motifs is 1. The van der Waals surface area contributed by atoms with Gasteiger partial charge in [0.05, 0.1) is 11.3 Å². The van der Waals surface area contributed by atoms with Crippen LogP contribution in [0.4, 0.5) is 0 Å². The van der Waals surface area contributed by atoms with Crippen molar-refractivity contribution in [1.29, 1.82) is 0 Å². The molecule has 0 bridgehead atoms. The third-order valence-corrected chi connectivity index (χ3v) is 4.46. The van der Waals surface area contributed by atoms with Crippen molar-refractivity contribution in [2.75, 3.05) is 13.6 Å². The number of aliphatic hydroxyl groups is 1. The van der Waals surface area contributed by atoms with Crippen molar-refractivity contribution >= 4 is 5.65 Å². The number of aryl methyl sites for hydroxylation is 1. The normalized spacial score (nSPS) is 17.5. The molecule has 5 heteroatoms. The molecule has 1 aliphatic carbocycles. The van der Waals surface area contributed by atoms with Gasteiger partial charge in [0.15, 0.2) is 0 Å². The molecule has 0 amide bonds. The molecule has 0 saturated heterocycles. The summed E-state index contributed by atoms with van der Waals surface area (Å²) in [4.78, 5) is 18.9. The SMILES string of the molecule is Cc1cccc2nc(CN(C)CC3(O)CCCC3)cc(=O)n12. The van der Waals surface area contributed by atoms with Crippen molar-refractivity contribution in [3.63, 3.8) is 0 Å². The van der Waals surface area contributed by atoms with E-state index in [9.17, 15) is 9.90 Å². The van der Waals surface area contributed by atoms with Gasteiger partial charge in [0, 0.05) is 24.8 Å². The van der Waals surface area contributed by atoms with Gasteiger partial charge >= 0.3 is 0 Å². The molecular weight excluding hydrogens is 278 g/mol. The van der Waals surface area contributed by atoms with Crippen LogP contribution in [0.25, 0.3) is 5.65 Å². The van der Waals surface area contributed by atoms with Gasteiger partial charge in [-0.1, -0.05) is 18.9 Å². The molecule has 3 rings (SSSR count). The average molecular weight is 301 g/mol. The number of likely N-dealkylation sites (N-methyl/N-ethyl adjacent to an activating group) is 1. The predicted molar refractivity (Wildman–Crippen MR) is 86.0 cm³/mol.